The fourth-order valence-electron chi connectivity index (χ4n) is 1.32. The Kier molecular flexibility index (Phi) is 5.36. The topological polar surface area (TPSA) is 87.8 Å². The number of nitrogens with zero attached hydrogens (tertiary/aromatic N) is 1. The van der Waals surface area contributed by atoms with E-state index in [9.17, 15) is 13.2 Å². The number of halogens is 1. The number of hydrogen-bond acceptors (Lipinski definition) is 4. The third-order valence-corrected chi connectivity index (χ3v) is 4.58. The highest BCUT2D eigenvalue weighted by molar-refractivity contribution is 9.10. The largest absolute Gasteiger partial charge is 0.481 e. The van der Waals surface area contributed by atoms with Gasteiger partial charge in [-0.15, -0.1) is 0 Å². The minimum Gasteiger partial charge on any atom is -0.481 e. The standard InChI is InChI=1S/C10H14BrNO5S/c1-12(7-8-4-5-9(11)17-8)18(15,16)6-2-3-10(13)14/h4-5H,2-3,6-7H2,1H3,(H,13,14). The predicted octanol–water partition coefficient (Wildman–Crippen LogP) is 1.67. The number of carboxylic acid groups (broad SMARTS) is 1. The molecule has 0 aliphatic carbocycles. The molecule has 1 rings (SSSR count). The van der Waals surface area contributed by atoms with E-state index in [1.165, 1.54) is 7.05 Å². The molecule has 0 unspecified atom stereocenters. The van der Waals surface area contributed by atoms with Crippen LogP contribution in [0.25, 0.3) is 0 Å². The summed E-state index contributed by atoms with van der Waals surface area (Å²) < 4.78 is 30.5. The van der Waals surface area contributed by atoms with Crippen LogP contribution in [0.3, 0.4) is 0 Å². The van der Waals surface area contributed by atoms with Crippen molar-refractivity contribution in [3.05, 3.63) is 22.6 Å². The molecule has 1 aromatic rings. The Labute approximate surface area is 114 Å². The molecule has 1 N–H and O–H groups in total. The van der Waals surface area contributed by atoms with Gasteiger partial charge in [-0.25, -0.2) is 8.42 Å². The van der Waals surface area contributed by atoms with E-state index in [1.54, 1.807) is 12.1 Å². The molecule has 0 bridgehead atoms. The highest BCUT2D eigenvalue weighted by Crippen LogP contribution is 2.16. The van der Waals surface area contributed by atoms with Crippen LogP contribution in [0.1, 0.15) is 18.6 Å². The van der Waals surface area contributed by atoms with Crippen molar-refractivity contribution >= 4 is 31.9 Å². The number of furan rings is 1. The fraction of sp³-hybridized carbons (Fsp3) is 0.500. The van der Waals surface area contributed by atoms with Crippen LogP contribution in [0.2, 0.25) is 0 Å². The van der Waals surface area contributed by atoms with Crippen LogP contribution in [0.15, 0.2) is 21.2 Å². The maximum absolute atomic E-state index is 11.8. The van der Waals surface area contributed by atoms with Gasteiger partial charge in [0.15, 0.2) is 4.67 Å². The van der Waals surface area contributed by atoms with Crippen molar-refractivity contribution in [3.63, 3.8) is 0 Å². The monoisotopic (exact) mass is 339 g/mol. The third-order valence-electron chi connectivity index (χ3n) is 2.28. The van der Waals surface area contributed by atoms with Crippen molar-refractivity contribution < 1.29 is 22.7 Å². The fourth-order valence-corrected chi connectivity index (χ4v) is 2.80. The lowest BCUT2D eigenvalue weighted by Gasteiger charge is -2.15. The van der Waals surface area contributed by atoms with Gasteiger partial charge in [-0.1, -0.05) is 0 Å². The average Bonchev–Trinajstić information content (AvgIpc) is 2.63. The Balaban J connectivity index is 2.53. The van der Waals surface area contributed by atoms with Gasteiger partial charge >= 0.3 is 5.97 Å². The van der Waals surface area contributed by atoms with E-state index in [4.69, 9.17) is 9.52 Å². The Morgan fingerprint density at radius 3 is 2.67 bits per heavy atom. The Hall–Kier alpha value is -0.860. The molecule has 1 heterocycles. The zero-order chi connectivity index (χ0) is 13.8. The summed E-state index contributed by atoms with van der Waals surface area (Å²) in [6.07, 6.45) is -0.0524. The van der Waals surface area contributed by atoms with Gasteiger partial charge in [0.1, 0.15) is 5.76 Å². The quantitative estimate of drug-likeness (QED) is 0.816. The zero-order valence-electron chi connectivity index (χ0n) is 9.80. The summed E-state index contributed by atoms with van der Waals surface area (Å²) in [5.74, 6) is -0.661. The van der Waals surface area contributed by atoms with E-state index in [-0.39, 0.29) is 25.1 Å². The van der Waals surface area contributed by atoms with Crippen LogP contribution in [-0.4, -0.2) is 36.6 Å². The van der Waals surface area contributed by atoms with Crippen molar-refractivity contribution in [1.82, 2.24) is 4.31 Å². The summed E-state index contributed by atoms with van der Waals surface area (Å²) in [5.41, 5.74) is 0. The molecule has 0 amide bonds. The van der Waals surface area contributed by atoms with E-state index >= 15 is 0 Å². The Morgan fingerprint density at radius 2 is 2.17 bits per heavy atom. The lowest BCUT2D eigenvalue weighted by Crippen LogP contribution is -2.28. The molecular formula is C10H14BrNO5S. The molecule has 8 heteroatoms. The minimum absolute atomic E-state index is 0.101. The number of carbonyl (C=O) groups is 1. The van der Waals surface area contributed by atoms with Crippen molar-refractivity contribution in [2.45, 2.75) is 19.4 Å². The van der Waals surface area contributed by atoms with Crippen LogP contribution < -0.4 is 0 Å². The second kappa shape index (κ2) is 6.35. The first-order chi connectivity index (χ1) is 8.31. The lowest BCUT2D eigenvalue weighted by atomic mass is 10.3. The van der Waals surface area contributed by atoms with Gasteiger partial charge in [-0.3, -0.25) is 4.79 Å². The van der Waals surface area contributed by atoms with Crippen LogP contribution >= 0.6 is 15.9 Å². The summed E-state index contributed by atoms with van der Waals surface area (Å²) in [7, 11) is -2.01. The summed E-state index contributed by atoms with van der Waals surface area (Å²) in [5, 5.41) is 8.46. The number of carboxylic acids is 1. The Morgan fingerprint density at radius 1 is 1.50 bits per heavy atom. The third kappa shape index (κ3) is 4.79. The van der Waals surface area contributed by atoms with Gasteiger partial charge in [0, 0.05) is 13.5 Å². The van der Waals surface area contributed by atoms with E-state index in [0.29, 0.717) is 10.4 Å². The number of rotatable bonds is 7. The van der Waals surface area contributed by atoms with Crippen LogP contribution in [0.4, 0.5) is 0 Å². The molecule has 0 aliphatic heterocycles. The SMILES string of the molecule is CN(Cc1ccc(Br)o1)S(=O)(=O)CCCC(=O)O. The molecule has 18 heavy (non-hydrogen) atoms. The molecule has 0 spiro atoms. The molecule has 0 saturated heterocycles. The second-order valence-electron chi connectivity index (χ2n) is 3.78. The van der Waals surface area contributed by atoms with E-state index < -0.39 is 16.0 Å². The molecule has 6 nitrogen and oxygen atoms in total. The normalized spacial score (nSPS) is 11.9. The van der Waals surface area contributed by atoms with Crippen LogP contribution in [0, 0.1) is 0 Å². The maximum Gasteiger partial charge on any atom is 0.303 e. The molecule has 0 fully saturated rings. The van der Waals surface area contributed by atoms with E-state index in [2.05, 4.69) is 15.9 Å². The predicted molar refractivity (Wildman–Crippen MR) is 68.5 cm³/mol. The van der Waals surface area contributed by atoms with Crippen LogP contribution in [-0.2, 0) is 21.4 Å². The van der Waals surface area contributed by atoms with Crippen molar-refractivity contribution in [3.8, 4) is 0 Å². The van der Waals surface area contributed by atoms with Crippen LogP contribution in [0.5, 0.6) is 0 Å². The number of aliphatic carboxylic acids is 1. The van der Waals surface area contributed by atoms with Crippen molar-refractivity contribution in [1.29, 1.82) is 0 Å². The molecule has 0 radical (unpaired) electrons. The highest BCUT2D eigenvalue weighted by atomic mass is 79.9. The second-order valence-corrected chi connectivity index (χ2v) is 6.75. The molecule has 0 aliphatic rings. The molecular weight excluding hydrogens is 326 g/mol. The summed E-state index contributed by atoms with van der Waals surface area (Å²) in [4.78, 5) is 10.3. The van der Waals surface area contributed by atoms with Crippen molar-refractivity contribution in [2.24, 2.45) is 0 Å². The average molecular weight is 340 g/mol. The first kappa shape index (κ1) is 15.2. The van der Waals surface area contributed by atoms with Gasteiger partial charge in [-0.05, 0) is 34.5 Å². The van der Waals surface area contributed by atoms with Gasteiger partial charge in [0.2, 0.25) is 10.0 Å². The molecule has 102 valence electrons. The number of hydrogen-bond donors (Lipinski definition) is 1. The van der Waals surface area contributed by atoms with Gasteiger partial charge in [-0.2, -0.15) is 4.31 Å². The summed E-state index contributed by atoms with van der Waals surface area (Å²) in [6, 6.07) is 3.35. The van der Waals surface area contributed by atoms with Gasteiger partial charge < -0.3 is 9.52 Å². The Bertz CT molecular complexity index is 510. The molecule has 0 atom stereocenters. The molecule has 0 saturated carbocycles. The highest BCUT2D eigenvalue weighted by Gasteiger charge is 2.19. The number of sulfonamides is 1. The van der Waals surface area contributed by atoms with Gasteiger partial charge in [0.05, 0.1) is 12.3 Å². The van der Waals surface area contributed by atoms with Crippen molar-refractivity contribution in [2.75, 3.05) is 12.8 Å². The van der Waals surface area contributed by atoms with Gasteiger partial charge in [0.25, 0.3) is 0 Å². The molecule has 0 aromatic carbocycles. The summed E-state index contributed by atoms with van der Waals surface area (Å²) in [6.45, 7) is 0.126. The van der Waals surface area contributed by atoms with E-state index in [1.807, 2.05) is 0 Å². The first-order valence-electron chi connectivity index (χ1n) is 5.21. The smallest absolute Gasteiger partial charge is 0.303 e. The van der Waals surface area contributed by atoms with E-state index in [0.717, 1.165) is 4.31 Å². The zero-order valence-corrected chi connectivity index (χ0v) is 12.2. The minimum atomic E-state index is -3.45. The molecule has 1 aromatic heterocycles. The lowest BCUT2D eigenvalue weighted by molar-refractivity contribution is -0.137. The maximum atomic E-state index is 11.8. The summed E-state index contributed by atoms with van der Waals surface area (Å²) >= 11 is 3.13. The first-order valence-corrected chi connectivity index (χ1v) is 7.61.